The molecule has 2 heterocycles. The highest BCUT2D eigenvalue weighted by atomic mass is 19.4. The zero-order valence-corrected chi connectivity index (χ0v) is 10.4. The Hall–Kier alpha value is -2.12. The largest absolute Gasteiger partial charge is 0.433 e. The Balaban J connectivity index is 2.51. The van der Waals surface area contributed by atoms with Gasteiger partial charge in [0.25, 0.3) is 0 Å². The molecule has 0 saturated carbocycles. The zero-order valence-electron chi connectivity index (χ0n) is 10.4. The summed E-state index contributed by atoms with van der Waals surface area (Å²) in [7, 11) is 1.68. The number of halogens is 3. The number of nitrogens with one attached hydrogen (secondary N) is 1. The number of anilines is 1. The van der Waals surface area contributed by atoms with Crippen LogP contribution >= 0.6 is 0 Å². The molecule has 102 valence electrons. The molecular weight excluding hydrogens is 259 g/mol. The molecule has 0 amide bonds. The highest BCUT2D eigenvalue weighted by molar-refractivity contribution is 5.59. The van der Waals surface area contributed by atoms with Crippen molar-refractivity contribution >= 4 is 5.95 Å². The summed E-state index contributed by atoms with van der Waals surface area (Å²) >= 11 is 0. The maximum atomic E-state index is 12.8. The second-order valence-electron chi connectivity index (χ2n) is 3.89. The molecule has 0 aliphatic rings. The zero-order chi connectivity index (χ0) is 14.0. The van der Waals surface area contributed by atoms with Crippen molar-refractivity contribution in [2.75, 3.05) is 11.9 Å². The van der Waals surface area contributed by atoms with Crippen molar-refractivity contribution in [3.8, 4) is 11.3 Å². The van der Waals surface area contributed by atoms with Gasteiger partial charge < -0.3 is 5.32 Å². The summed E-state index contributed by atoms with van der Waals surface area (Å²) in [4.78, 5) is 7.50. The van der Waals surface area contributed by atoms with Crippen LogP contribution in [0.5, 0.6) is 0 Å². The highest BCUT2D eigenvalue weighted by Crippen LogP contribution is 2.30. The molecule has 0 aromatic carbocycles. The van der Waals surface area contributed by atoms with Crippen LogP contribution < -0.4 is 5.32 Å². The fourth-order valence-corrected chi connectivity index (χ4v) is 1.53. The molecule has 0 aliphatic carbocycles. The lowest BCUT2D eigenvalue weighted by molar-refractivity contribution is -0.141. The number of aryl methyl sites for hydroxylation is 1. The first-order valence-corrected chi connectivity index (χ1v) is 5.59. The topological polar surface area (TPSA) is 55.6 Å². The molecule has 8 heteroatoms. The van der Waals surface area contributed by atoms with Crippen molar-refractivity contribution in [3.05, 3.63) is 24.2 Å². The predicted molar refractivity (Wildman–Crippen MR) is 63.4 cm³/mol. The Kier molecular flexibility index (Phi) is 3.41. The van der Waals surface area contributed by atoms with E-state index in [4.69, 9.17) is 0 Å². The molecule has 0 bridgehead atoms. The molecule has 0 aliphatic heterocycles. The van der Waals surface area contributed by atoms with Gasteiger partial charge in [-0.3, -0.25) is 4.68 Å². The van der Waals surface area contributed by atoms with Gasteiger partial charge in [0.1, 0.15) is 0 Å². The van der Waals surface area contributed by atoms with E-state index in [1.54, 1.807) is 20.2 Å². The van der Waals surface area contributed by atoms with Crippen LogP contribution in [0.25, 0.3) is 11.3 Å². The number of alkyl halides is 3. The lowest BCUT2D eigenvalue weighted by atomic mass is 10.2. The first-order valence-electron chi connectivity index (χ1n) is 5.59. The normalized spacial score (nSPS) is 11.6. The van der Waals surface area contributed by atoms with Gasteiger partial charge >= 0.3 is 6.18 Å². The van der Waals surface area contributed by atoms with E-state index in [1.807, 2.05) is 0 Å². The molecule has 0 spiro atoms. The van der Waals surface area contributed by atoms with Gasteiger partial charge in [0.15, 0.2) is 5.69 Å². The van der Waals surface area contributed by atoms with E-state index < -0.39 is 11.9 Å². The van der Waals surface area contributed by atoms with Crippen molar-refractivity contribution in [2.24, 2.45) is 7.05 Å². The number of hydrogen-bond donors (Lipinski definition) is 1. The van der Waals surface area contributed by atoms with Crippen LogP contribution in [0.1, 0.15) is 12.6 Å². The fourth-order valence-electron chi connectivity index (χ4n) is 1.53. The van der Waals surface area contributed by atoms with Crippen molar-refractivity contribution < 1.29 is 13.2 Å². The van der Waals surface area contributed by atoms with Crippen LogP contribution in [0.2, 0.25) is 0 Å². The van der Waals surface area contributed by atoms with Gasteiger partial charge in [0, 0.05) is 25.4 Å². The molecule has 1 N–H and O–H groups in total. The van der Waals surface area contributed by atoms with Gasteiger partial charge in [0.2, 0.25) is 5.95 Å². The summed E-state index contributed by atoms with van der Waals surface area (Å²) in [5.41, 5.74) is -0.279. The van der Waals surface area contributed by atoms with E-state index in [1.165, 1.54) is 10.9 Å². The summed E-state index contributed by atoms with van der Waals surface area (Å²) in [5, 5.41) is 6.60. The smallest absolute Gasteiger partial charge is 0.354 e. The predicted octanol–water partition coefficient (Wildman–Crippen LogP) is 2.33. The third-order valence-electron chi connectivity index (χ3n) is 2.35. The number of hydrogen-bond acceptors (Lipinski definition) is 4. The molecule has 5 nitrogen and oxygen atoms in total. The SMILES string of the molecule is CCNc1nc(-c2cnn(C)c2)cc(C(F)(F)F)n1. The highest BCUT2D eigenvalue weighted by Gasteiger charge is 2.33. The minimum absolute atomic E-state index is 0.0452. The first-order chi connectivity index (χ1) is 8.90. The molecular formula is C11H12F3N5. The molecule has 0 atom stereocenters. The van der Waals surface area contributed by atoms with Crippen molar-refractivity contribution in [1.82, 2.24) is 19.7 Å². The van der Waals surface area contributed by atoms with Crippen molar-refractivity contribution in [3.63, 3.8) is 0 Å². The van der Waals surface area contributed by atoms with Crippen LogP contribution in [0.4, 0.5) is 19.1 Å². The molecule has 2 aromatic heterocycles. The van der Waals surface area contributed by atoms with E-state index in [-0.39, 0.29) is 11.6 Å². The number of nitrogens with zero attached hydrogens (tertiary/aromatic N) is 4. The van der Waals surface area contributed by atoms with Gasteiger partial charge in [-0.1, -0.05) is 0 Å². The van der Waals surface area contributed by atoms with Crippen molar-refractivity contribution in [1.29, 1.82) is 0 Å². The van der Waals surface area contributed by atoms with Crippen LogP contribution in [-0.4, -0.2) is 26.3 Å². The molecule has 19 heavy (non-hydrogen) atoms. The van der Waals surface area contributed by atoms with Crippen LogP contribution in [-0.2, 0) is 13.2 Å². The maximum absolute atomic E-state index is 12.8. The standard InChI is InChI=1S/C11H12F3N5/c1-3-15-10-17-8(7-5-16-19(2)6-7)4-9(18-10)11(12,13)14/h4-6H,3H2,1-2H3,(H,15,17,18). The molecule has 0 unspecified atom stereocenters. The summed E-state index contributed by atoms with van der Waals surface area (Å²) < 4.78 is 39.8. The average molecular weight is 271 g/mol. The number of rotatable bonds is 3. The third-order valence-corrected chi connectivity index (χ3v) is 2.35. The Bertz CT molecular complexity index is 576. The Morgan fingerprint density at radius 2 is 2.05 bits per heavy atom. The summed E-state index contributed by atoms with van der Waals surface area (Å²) in [5.74, 6) is -0.0452. The second kappa shape index (κ2) is 4.87. The molecule has 0 radical (unpaired) electrons. The van der Waals surface area contributed by atoms with E-state index in [2.05, 4.69) is 20.4 Å². The minimum atomic E-state index is -4.51. The minimum Gasteiger partial charge on any atom is -0.354 e. The van der Waals surface area contributed by atoms with Crippen LogP contribution in [0, 0.1) is 0 Å². The Morgan fingerprint density at radius 3 is 2.58 bits per heavy atom. The summed E-state index contributed by atoms with van der Waals surface area (Å²) in [6.07, 6.45) is -1.46. The second-order valence-corrected chi connectivity index (χ2v) is 3.89. The van der Waals surface area contributed by atoms with E-state index >= 15 is 0 Å². The van der Waals surface area contributed by atoms with E-state index in [0.717, 1.165) is 6.07 Å². The first kappa shape index (κ1) is 13.3. The van der Waals surface area contributed by atoms with Gasteiger partial charge in [-0.25, -0.2) is 9.97 Å². The monoisotopic (exact) mass is 271 g/mol. The Labute approximate surface area is 107 Å². The summed E-state index contributed by atoms with van der Waals surface area (Å²) in [6, 6.07) is 0.915. The Morgan fingerprint density at radius 1 is 1.32 bits per heavy atom. The molecule has 0 fully saturated rings. The van der Waals surface area contributed by atoms with Crippen LogP contribution in [0.3, 0.4) is 0 Å². The summed E-state index contributed by atoms with van der Waals surface area (Å²) in [6.45, 7) is 2.20. The molecule has 2 aromatic rings. The quantitative estimate of drug-likeness (QED) is 0.930. The maximum Gasteiger partial charge on any atom is 0.433 e. The van der Waals surface area contributed by atoms with Gasteiger partial charge in [0.05, 0.1) is 11.9 Å². The van der Waals surface area contributed by atoms with Gasteiger partial charge in [-0.05, 0) is 13.0 Å². The lowest BCUT2D eigenvalue weighted by Gasteiger charge is -2.10. The van der Waals surface area contributed by atoms with Crippen molar-refractivity contribution in [2.45, 2.75) is 13.1 Å². The fraction of sp³-hybridized carbons (Fsp3) is 0.364. The van der Waals surface area contributed by atoms with Gasteiger partial charge in [-0.15, -0.1) is 0 Å². The van der Waals surface area contributed by atoms with E-state index in [9.17, 15) is 13.2 Å². The average Bonchev–Trinajstić information content (AvgIpc) is 2.75. The third kappa shape index (κ3) is 3.01. The van der Waals surface area contributed by atoms with Crippen LogP contribution in [0.15, 0.2) is 18.5 Å². The molecule has 0 saturated heterocycles. The van der Waals surface area contributed by atoms with Gasteiger partial charge in [-0.2, -0.15) is 18.3 Å². The molecule has 2 rings (SSSR count). The lowest BCUT2D eigenvalue weighted by Crippen LogP contribution is -2.12. The number of aromatic nitrogens is 4. The van der Waals surface area contributed by atoms with E-state index in [0.29, 0.717) is 12.1 Å².